The van der Waals surface area contributed by atoms with E-state index >= 15 is 0 Å². The van der Waals surface area contributed by atoms with Crippen molar-refractivity contribution >= 4 is 30.2 Å². The predicted molar refractivity (Wildman–Crippen MR) is 110 cm³/mol. The van der Waals surface area contributed by atoms with Crippen molar-refractivity contribution in [3.05, 3.63) is 77.7 Å². The van der Waals surface area contributed by atoms with Gasteiger partial charge in [-0.3, -0.25) is 0 Å². The van der Waals surface area contributed by atoms with Gasteiger partial charge >= 0.3 is 6.01 Å². The summed E-state index contributed by atoms with van der Waals surface area (Å²) in [5.41, 5.74) is 4.11. The molecule has 0 bridgehead atoms. The van der Waals surface area contributed by atoms with Gasteiger partial charge in [-0.05, 0) is 18.1 Å². The highest BCUT2D eigenvalue weighted by molar-refractivity contribution is 6.32. The molecule has 0 spiro atoms. The molecule has 2 aromatic carbocycles. The third-order valence-electron chi connectivity index (χ3n) is 4.15. The zero-order valence-corrected chi connectivity index (χ0v) is 15.5. The Bertz CT molecular complexity index is 1100. The number of anilines is 1. The van der Waals surface area contributed by atoms with Crippen molar-refractivity contribution in [1.29, 1.82) is 0 Å². The first-order chi connectivity index (χ1) is 13.7. The summed E-state index contributed by atoms with van der Waals surface area (Å²) in [6, 6.07) is 17.9. The lowest BCUT2D eigenvalue weighted by Crippen LogP contribution is -2.09. The van der Waals surface area contributed by atoms with Gasteiger partial charge in [0.15, 0.2) is 5.82 Å². The second-order valence-corrected chi connectivity index (χ2v) is 6.38. The number of rotatable bonds is 6. The molecule has 0 unspecified atom stereocenters. The van der Waals surface area contributed by atoms with Gasteiger partial charge in [-0.15, -0.1) is 0 Å². The standard InChI is InChI=1S/C21H18BN5O/c1-14-25-18-12-24-21(28-13-15-6-3-2-4-7-15)27-19(18)20(26-14)23-11-16-8-5-9-17(22)10-16/h2-10,12H,11,13H2,1H3,(H,23,25,26). The van der Waals surface area contributed by atoms with Crippen molar-refractivity contribution in [2.45, 2.75) is 20.1 Å². The number of nitrogens with one attached hydrogen (secondary N) is 1. The molecule has 28 heavy (non-hydrogen) atoms. The van der Waals surface area contributed by atoms with Crippen LogP contribution in [-0.2, 0) is 13.2 Å². The van der Waals surface area contributed by atoms with Crippen LogP contribution in [0.15, 0.2) is 60.8 Å². The van der Waals surface area contributed by atoms with Crippen molar-refractivity contribution in [3.8, 4) is 6.01 Å². The van der Waals surface area contributed by atoms with Gasteiger partial charge in [-0.2, -0.15) is 4.98 Å². The van der Waals surface area contributed by atoms with E-state index in [1.807, 2.05) is 61.5 Å². The largest absolute Gasteiger partial charge is 0.459 e. The van der Waals surface area contributed by atoms with Crippen LogP contribution in [0.1, 0.15) is 17.0 Å². The minimum Gasteiger partial charge on any atom is -0.459 e. The minimum atomic E-state index is 0.288. The molecule has 2 heterocycles. The van der Waals surface area contributed by atoms with Gasteiger partial charge in [-0.1, -0.05) is 60.1 Å². The van der Waals surface area contributed by atoms with Crippen LogP contribution in [-0.4, -0.2) is 27.8 Å². The summed E-state index contributed by atoms with van der Waals surface area (Å²) in [5.74, 6) is 1.28. The Hall–Kier alpha value is -3.48. The van der Waals surface area contributed by atoms with Crippen LogP contribution in [0.2, 0.25) is 0 Å². The Morgan fingerprint density at radius 1 is 0.964 bits per heavy atom. The fourth-order valence-corrected chi connectivity index (χ4v) is 2.83. The topological polar surface area (TPSA) is 72.8 Å². The summed E-state index contributed by atoms with van der Waals surface area (Å²) < 4.78 is 5.74. The monoisotopic (exact) mass is 367 g/mol. The molecule has 0 atom stereocenters. The number of nitrogens with zero attached hydrogens (tertiary/aromatic N) is 4. The number of fused-ring (bicyclic) bond motifs is 1. The van der Waals surface area contributed by atoms with Crippen molar-refractivity contribution in [2.24, 2.45) is 0 Å². The third kappa shape index (κ3) is 4.25. The van der Waals surface area contributed by atoms with Gasteiger partial charge < -0.3 is 10.1 Å². The van der Waals surface area contributed by atoms with E-state index in [1.165, 1.54) is 0 Å². The smallest absolute Gasteiger partial charge is 0.317 e. The predicted octanol–water partition coefficient (Wildman–Crippen LogP) is 2.71. The molecule has 4 aromatic rings. The summed E-state index contributed by atoms with van der Waals surface area (Å²) >= 11 is 0. The van der Waals surface area contributed by atoms with E-state index in [1.54, 1.807) is 6.20 Å². The van der Waals surface area contributed by atoms with Gasteiger partial charge in [-0.25, -0.2) is 15.0 Å². The van der Waals surface area contributed by atoms with Crippen molar-refractivity contribution in [3.63, 3.8) is 0 Å². The maximum atomic E-state index is 5.85. The molecule has 0 amide bonds. The zero-order chi connectivity index (χ0) is 19.3. The lowest BCUT2D eigenvalue weighted by molar-refractivity contribution is 0.282. The molecule has 6 nitrogen and oxygen atoms in total. The highest BCUT2D eigenvalue weighted by Gasteiger charge is 2.10. The second kappa shape index (κ2) is 8.04. The first-order valence-electron chi connectivity index (χ1n) is 8.94. The van der Waals surface area contributed by atoms with Crippen LogP contribution in [0.3, 0.4) is 0 Å². The van der Waals surface area contributed by atoms with Gasteiger partial charge in [0.1, 0.15) is 31.3 Å². The molecule has 4 rings (SSSR count). The molecule has 0 aliphatic heterocycles. The van der Waals surface area contributed by atoms with Gasteiger partial charge in [0.25, 0.3) is 0 Å². The van der Waals surface area contributed by atoms with E-state index in [-0.39, 0.29) is 6.01 Å². The van der Waals surface area contributed by atoms with Gasteiger partial charge in [0.05, 0.1) is 6.20 Å². The highest BCUT2D eigenvalue weighted by Crippen LogP contribution is 2.20. The van der Waals surface area contributed by atoms with Crippen LogP contribution in [0.25, 0.3) is 11.0 Å². The van der Waals surface area contributed by atoms with Crippen molar-refractivity contribution in [2.75, 3.05) is 5.32 Å². The van der Waals surface area contributed by atoms with Crippen LogP contribution in [0, 0.1) is 6.92 Å². The second-order valence-electron chi connectivity index (χ2n) is 6.38. The van der Waals surface area contributed by atoms with Crippen LogP contribution < -0.4 is 15.5 Å². The molecular formula is C21H18BN5O. The van der Waals surface area contributed by atoms with E-state index in [0.717, 1.165) is 16.6 Å². The summed E-state index contributed by atoms with van der Waals surface area (Å²) in [6.07, 6.45) is 1.66. The maximum Gasteiger partial charge on any atom is 0.317 e. The Morgan fingerprint density at radius 3 is 2.61 bits per heavy atom. The Balaban J connectivity index is 1.58. The molecule has 0 saturated heterocycles. The van der Waals surface area contributed by atoms with Gasteiger partial charge in [0, 0.05) is 6.54 Å². The summed E-state index contributed by atoms with van der Waals surface area (Å²) in [7, 11) is 5.85. The summed E-state index contributed by atoms with van der Waals surface area (Å²) in [4.78, 5) is 17.7. The Labute approximate surface area is 164 Å². The minimum absolute atomic E-state index is 0.288. The molecule has 1 N–H and O–H groups in total. The summed E-state index contributed by atoms with van der Waals surface area (Å²) in [6.45, 7) is 2.80. The van der Waals surface area contributed by atoms with Gasteiger partial charge in [0.2, 0.25) is 0 Å². The van der Waals surface area contributed by atoms with E-state index < -0.39 is 0 Å². The Morgan fingerprint density at radius 2 is 1.79 bits per heavy atom. The molecule has 0 aliphatic rings. The molecular weight excluding hydrogens is 349 g/mol. The van der Waals surface area contributed by atoms with E-state index in [2.05, 4.69) is 25.3 Å². The molecule has 0 fully saturated rings. The molecule has 0 aliphatic carbocycles. The van der Waals surface area contributed by atoms with Crippen LogP contribution in [0.4, 0.5) is 5.82 Å². The van der Waals surface area contributed by atoms with Crippen molar-refractivity contribution in [1.82, 2.24) is 19.9 Å². The molecule has 136 valence electrons. The first-order valence-corrected chi connectivity index (χ1v) is 8.94. The Kier molecular flexibility index (Phi) is 5.15. The third-order valence-corrected chi connectivity index (χ3v) is 4.15. The highest BCUT2D eigenvalue weighted by atomic mass is 16.5. The molecule has 0 saturated carbocycles. The van der Waals surface area contributed by atoms with E-state index in [4.69, 9.17) is 12.6 Å². The number of ether oxygens (including phenoxy) is 1. The molecule has 2 aromatic heterocycles. The zero-order valence-electron chi connectivity index (χ0n) is 15.5. The first kappa shape index (κ1) is 17.9. The number of benzene rings is 2. The molecule has 7 heteroatoms. The van der Waals surface area contributed by atoms with E-state index in [9.17, 15) is 0 Å². The lowest BCUT2D eigenvalue weighted by Gasteiger charge is -2.11. The number of aryl methyl sites for hydroxylation is 1. The fourth-order valence-electron chi connectivity index (χ4n) is 2.83. The van der Waals surface area contributed by atoms with Crippen molar-refractivity contribution < 1.29 is 4.74 Å². The lowest BCUT2D eigenvalue weighted by atomic mass is 9.94. The normalized spacial score (nSPS) is 10.8. The van der Waals surface area contributed by atoms with E-state index in [0.29, 0.717) is 35.8 Å². The van der Waals surface area contributed by atoms with Crippen LogP contribution >= 0.6 is 0 Å². The maximum absolute atomic E-state index is 5.85. The summed E-state index contributed by atoms with van der Waals surface area (Å²) in [5, 5.41) is 3.32. The fraction of sp³-hybridized carbons (Fsp3) is 0.143. The number of hydrogen-bond acceptors (Lipinski definition) is 6. The quantitative estimate of drug-likeness (QED) is 0.529. The molecule has 2 radical (unpaired) electrons. The average Bonchev–Trinajstić information content (AvgIpc) is 2.71. The number of hydrogen-bond donors (Lipinski definition) is 1. The average molecular weight is 367 g/mol. The SMILES string of the molecule is [B]c1cccc(CNc2nc(C)nc3cnc(OCc4ccccc4)nc23)c1. The van der Waals surface area contributed by atoms with Crippen LogP contribution in [0.5, 0.6) is 6.01 Å². The number of aromatic nitrogens is 4.